The van der Waals surface area contributed by atoms with Crippen LogP contribution in [0.2, 0.25) is 0 Å². The van der Waals surface area contributed by atoms with Gasteiger partial charge in [0.25, 0.3) is 11.5 Å². The van der Waals surface area contributed by atoms with E-state index in [1.807, 2.05) is 19.2 Å². The minimum absolute atomic E-state index is 0.00633. The summed E-state index contributed by atoms with van der Waals surface area (Å²) in [6.45, 7) is 9.19. The Morgan fingerprint density at radius 3 is 2.39 bits per heavy atom. The van der Waals surface area contributed by atoms with E-state index in [2.05, 4.69) is 49.6 Å². The molecule has 3 rings (SSSR count). The topological polar surface area (TPSA) is 130 Å². The van der Waals surface area contributed by atoms with Gasteiger partial charge in [-0.05, 0) is 87.0 Å². The van der Waals surface area contributed by atoms with Crippen LogP contribution in [0, 0.1) is 6.92 Å². The van der Waals surface area contributed by atoms with E-state index in [1.165, 1.54) is 22.5 Å². The number of fused-ring (bicyclic) bond motifs is 1. The molecule has 1 aromatic heterocycles. The van der Waals surface area contributed by atoms with Crippen LogP contribution in [0.25, 0.3) is 21.9 Å². The van der Waals surface area contributed by atoms with Crippen LogP contribution in [0.4, 0.5) is 0 Å². The number of pyridine rings is 1. The molecule has 1 atom stereocenters. The SMILES string of the molecule is CNC(C)(C)CNCc1ccc(-c2ccc3c(=O)n(CC[C@](C)(C(=O)NO)S(C)(=O)=O)ccc3c2)c(C)c1. The molecule has 1 heterocycles. The van der Waals surface area contributed by atoms with Crippen molar-refractivity contribution >= 4 is 26.5 Å². The Morgan fingerprint density at radius 1 is 1.08 bits per heavy atom. The Hall–Kier alpha value is -3.05. The summed E-state index contributed by atoms with van der Waals surface area (Å²) in [5.74, 6) is -1.03. The number of likely N-dealkylation sites (N-methyl/N-ethyl adjacent to an activating group) is 1. The van der Waals surface area contributed by atoms with Crippen LogP contribution in [0.3, 0.4) is 0 Å². The van der Waals surface area contributed by atoms with Crippen molar-refractivity contribution in [2.24, 2.45) is 0 Å². The molecule has 206 valence electrons. The second kappa shape index (κ2) is 11.4. The quantitative estimate of drug-likeness (QED) is 0.217. The van der Waals surface area contributed by atoms with Gasteiger partial charge in [-0.15, -0.1) is 0 Å². The van der Waals surface area contributed by atoms with Gasteiger partial charge in [0, 0.05) is 43.0 Å². The van der Waals surface area contributed by atoms with Gasteiger partial charge in [0.05, 0.1) is 0 Å². The average molecular weight is 543 g/mol. The third kappa shape index (κ3) is 6.32. The maximum Gasteiger partial charge on any atom is 0.264 e. The van der Waals surface area contributed by atoms with Gasteiger partial charge in [-0.3, -0.25) is 14.8 Å². The molecule has 0 aliphatic carbocycles. The molecule has 0 saturated carbocycles. The highest BCUT2D eigenvalue weighted by atomic mass is 32.2. The van der Waals surface area contributed by atoms with Gasteiger partial charge < -0.3 is 15.2 Å². The van der Waals surface area contributed by atoms with Crippen molar-refractivity contribution in [3.63, 3.8) is 0 Å². The Balaban J connectivity index is 1.82. The number of benzene rings is 2. The van der Waals surface area contributed by atoms with E-state index in [0.717, 1.165) is 41.4 Å². The lowest BCUT2D eigenvalue weighted by Crippen LogP contribution is -2.49. The molecule has 1 amide bonds. The predicted molar refractivity (Wildman–Crippen MR) is 151 cm³/mol. The Kier molecular flexibility index (Phi) is 8.82. The molecular weight excluding hydrogens is 504 g/mol. The summed E-state index contributed by atoms with van der Waals surface area (Å²) in [7, 11) is -1.90. The largest absolute Gasteiger partial charge is 0.315 e. The van der Waals surface area contributed by atoms with Crippen molar-refractivity contribution in [2.75, 3.05) is 19.8 Å². The Labute approximate surface area is 224 Å². The average Bonchev–Trinajstić information content (AvgIpc) is 2.86. The number of nitrogens with one attached hydrogen (secondary N) is 3. The summed E-state index contributed by atoms with van der Waals surface area (Å²) in [5, 5.41) is 17.0. The second-order valence-corrected chi connectivity index (χ2v) is 13.1. The van der Waals surface area contributed by atoms with Gasteiger partial charge >= 0.3 is 0 Å². The van der Waals surface area contributed by atoms with E-state index < -0.39 is 20.5 Å². The summed E-state index contributed by atoms with van der Waals surface area (Å²) in [6.07, 6.45) is 2.36. The van der Waals surface area contributed by atoms with E-state index in [0.29, 0.717) is 5.39 Å². The molecule has 2 aromatic carbocycles. The highest BCUT2D eigenvalue weighted by molar-refractivity contribution is 7.92. The second-order valence-electron chi connectivity index (χ2n) is 10.7. The van der Waals surface area contributed by atoms with Crippen molar-refractivity contribution in [2.45, 2.75) is 57.5 Å². The summed E-state index contributed by atoms with van der Waals surface area (Å²) < 4.78 is 24.0. The van der Waals surface area contributed by atoms with Crippen LogP contribution in [-0.4, -0.2) is 54.2 Å². The minimum atomic E-state index is -3.85. The summed E-state index contributed by atoms with van der Waals surface area (Å²) in [5.41, 5.74) is 5.56. The minimum Gasteiger partial charge on any atom is -0.315 e. The van der Waals surface area contributed by atoms with E-state index in [4.69, 9.17) is 5.21 Å². The van der Waals surface area contributed by atoms with Gasteiger partial charge in [-0.1, -0.05) is 24.3 Å². The number of carbonyl (C=O) groups excluding carboxylic acids is 1. The molecule has 38 heavy (non-hydrogen) atoms. The van der Waals surface area contributed by atoms with Crippen molar-refractivity contribution in [3.8, 4) is 11.1 Å². The highest BCUT2D eigenvalue weighted by Crippen LogP contribution is 2.27. The van der Waals surface area contributed by atoms with E-state index in [-0.39, 0.29) is 24.1 Å². The molecule has 0 saturated heterocycles. The monoisotopic (exact) mass is 542 g/mol. The van der Waals surface area contributed by atoms with E-state index in [9.17, 15) is 18.0 Å². The molecule has 0 unspecified atom stereocenters. The molecule has 9 nitrogen and oxygen atoms in total. The third-order valence-electron chi connectivity index (χ3n) is 7.38. The van der Waals surface area contributed by atoms with Crippen LogP contribution in [0.15, 0.2) is 53.5 Å². The summed E-state index contributed by atoms with van der Waals surface area (Å²) >= 11 is 0. The molecule has 0 spiro atoms. The molecule has 10 heteroatoms. The van der Waals surface area contributed by atoms with Crippen molar-refractivity contribution in [1.82, 2.24) is 20.7 Å². The number of hydrogen-bond acceptors (Lipinski definition) is 7. The summed E-state index contributed by atoms with van der Waals surface area (Å²) in [6, 6.07) is 13.8. The lowest BCUT2D eigenvalue weighted by molar-refractivity contribution is -0.131. The zero-order chi connectivity index (χ0) is 28.3. The fourth-order valence-electron chi connectivity index (χ4n) is 4.32. The van der Waals surface area contributed by atoms with Gasteiger partial charge in [0.1, 0.15) is 0 Å². The first-order valence-corrected chi connectivity index (χ1v) is 14.4. The van der Waals surface area contributed by atoms with Gasteiger partial charge in [-0.2, -0.15) is 0 Å². The van der Waals surface area contributed by atoms with E-state index in [1.54, 1.807) is 18.3 Å². The Bertz CT molecular complexity index is 1500. The van der Waals surface area contributed by atoms with Crippen LogP contribution in [0.5, 0.6) is 0 Å². The zero-order valence-electron chi connectivity index (χ0n) is 22.9. The van der Waals surface area contributed by atoms with Gasteiger partial charge in [0.2, 0.25) is 0 Å². The smallest absolute Gasteiger partial charge is 0.264 e. The number of carbonyl (C=O) groups is 1. The van der Waals surface area contributed by atoms with E-state index >= 15 is 0 Å². The Morgan fingerprint density at radius 2 is 1.79 bits per heavy atom. The molecule has 0 aliphatic rings. The first-order valence-electron chi connectivity index (χ1n) is 12.5. The molecule has 0 fully saturated rings. The molecule has 3 aromatic rings. The number of hydroxylamine groups is 1. The van der Waals surface area contributed by atoms with Crippen molar-refractivity contribution in [1.29, 1.82) is 0 Å². The first kappa shape index (κ1) is 29.5. The fraction of sp³-hybridized carbons (Fsp3) is 0.429. The molecule has 0 aliphatic heterocycles. The molecule has 4 N–H and O–H groups in total. The molecule has 0 bridgehead atoms. The number of sulfone groups is 1. The lowest BCUT2D eigenvalue weighted by Gasteiger charge is -2.25. The van der Waals surface area contributed by atoms with Crippen LogP contribution in [-0.2, 0) is 27.7 Å². The fourth-order valence-corrected chi connectivity index (χ4v) is 5.16. The van der Waals surface area contributed by atoms with Gasteiger partial charge in [0.15, 0.2) is 14.6 Å². The number of rotatable bonds is 11. The number of aromatic nitrogens is 1. The number of aryl methyl sites for hydroxylation is 2. The third-order valence-corrected chi connectivity index (χ3v) is 9.41. The predicted octanol–water partition coefficient (Wildman–Crippen LogP) is 2.76. The lowest BCUT2D eigenvalue weighted by atomic mass is 9.96. The van der Waals surface area contributed by atoms with Crippen LogP contribution in [0.1, 0.15) is 38.3 Å². The maximum atomic E-state index is 13.1. The summed E-state index contributed by atoms with van der Waals surface area (Å²) in [4.78, 5) is 25.2. The molecule has 0 radical (unpaired) electrons. The highest BCUT2D eigenvalue weighted by Gasteiger charge is 2.43. The first-order chi connectivity index (χ1) is 17.7. The number of amides is 1. The van der Waals surface area contributed by atoms with Gasteiger partial charge in [-0.25, -0.2) is 13.9 Å². The zero-order valence-corrected chi connectivity index (χ0v) is 23.7. The number of nitrogens with zero attached hydrogens (tertiary/aromatic N) is 1. The van der Waals surface area contributed by atoms with Crippen LogP contribution < -0.4 is 21.7 Å². The molecular formula is C28H38N4O5S. The standard InChI is InChI=1S/C28H38N4O5S/c1-19-15-20(17-30-18-27(2,3)29-5)7-9-23(19)21-8-10-24-22(16-21)11-13-32(25(24)33)14-12-28(4,26(34)31-35)38(6,36)37/h7-11,13,15-16,29-30,35H,12,14,17-18H2,1-6H3,(H,31,34)/t28-/m1/s1. The van der Waals surface area contributed by atoms with Crippen molar-refractivity contribution < 1.29 is 18.4 Å². The maximum absolute atomic E-state index is 13.1. The van der Waals surface area contributed by atoms with Crippen LogP contribution >= 0.6 is 0 Å². The number of hydrogen-bond donors (Lipinski definition) is 4. The normalized spacial score (nSPS) is 13.9. The van der Waals surface area contributed by atoms with Crippen molar-refractivity contribution in [3.05, 3.63) is 70.1 Å².